The van der Waals surface area contributed by atoms with Crippen molar-refractivity contribution in [3.05, 3.63) is 66.2 Å². The van der Waals surface area contributed by atoms with E-state index >= 15 is 0 Å². The lowest BCUT2D eigenvalue weighted by Gasteiger charge is -2.31. The van der Waals surface area contributed by atoms with Crippen LogP contribution < -0.4 is 10.6 Å². The number of carbonyl (C=O) groups excluding carboxylic acids is 3. The Balaban J connectivity index is 2.24. The molecule has 0 aromatic heterocycles. The molecule has 38 heavy (non-hydrogen) atoms. The van der Waals surface area contributed by atoms with Gasteiger partial charge < -0.3 is 20.3 Å². The highest BCUT2D eigenvalue weighted by atomic mass is 32.2. The summed E-state index contributed by atoms with van der Waals surface area (Å²) in [5.74, 6) is -0.314. The predicted octanol–water partition coefficient (Wildman–Crippen LogP) is 5.15. The van der Waals surface area contributed by atoms with Crippen molar-refractivity contribution in [3.8, 4) is 0 Å². The minimum absolute atomic E-state index is 0.194. The lowest BCUT2D eigenvalue weighted by molar-refractivity contribution is -0.159. The Hall–Kier alpha value is -3.00. The fourth-order valence-electron chi connectivity index (χ4n) is 3.72. The fraction of sp³-hybridized carbons (Fsp3) is 0.500. The summed E-state index contributed by atoms with van der Waals surface area (Å²) in [6, 6.07) is 18.3. The van der Waals surface area contributed by atoms with Gasteiger partial charge in [-0.1, -0.05) is 62.4 Å². The second-order valence-corrected chi connectivity index (χ2v) is 11.9. The van der Waals surface area contributed by atoms with Crippen LogP contribution in [0.15, 0.2) is 65.6 Å². The molecule has 0 spiro atoms. The molecule has 0 aliphatic heterocycles. The molecule has 0 aliphatic rings. The first-order chi connectivity index (χ1) is 18.0. The smallest absolute Gasteiger partial charge is 0.318 e. The third-order valence-corrected chi connectivity index (χ3v) is 6.96. The van der Waals surface area contributed by atoms with E-state index in [0.717, 1.165) is 16.9 Å². The van der Waals surface area contributed by atoms with Gasteiger partial charge in [-0.2, -0.15) is 0 Å². The topological polar surface area (TPSA) is 87.7 Å². The second-order valence-electron chi connectivity index (χ2n) is 10.8. The van der Waals surface area contributed by atoms with Crippen LogP contribution in [0.2, 0.25) is 0 Å². The van der Waals surface area contributed by atoms with Crippen molar-refractivity contribution >= 4 is 29.7 Å². The number of esters is 1. The predicted molar refractivity (Wildman–Crippen MR) is 154 cm³/mol. The highest BCUT2D eigenvalue weighted by Crippen LogP contribution is 2.23. The molecule has 208 valence electrons. The Morgan fingerprint density at radius 1 is 0.974 bits per heavy atom. The number of hydrogen-bond acceptors (Lipinski definition) is 5. The number of likely N-dealkylation sites (N-methyl/N-ethyl adjacent to an activating group) is 1. The number of nitrogens with zero attached hydrogens (tertiary/aromatic N) is 1. The normalized spacial score (nSPS) is 12.9. The summed E-state index contributed by atoms with van der Waals surface area (Å²) in [5, 5.41) is 5.58. The number of hydrogen-bond donors (Lipinski definition) is 2. The van der Waals surface area contributed by atoms with E-state index in [1.165, 1.54) is 0 Å². The Morgan fingerprint density at radius 2 is 1.58 bits per heavy atom. The molecule has 0 saturated carbocycles. The van der Waals surface area contributed by atoms with Crippen LogP contribution in [0.4, 0.5) is 4.79 Å². The summed E-state index contributed by atoms with van der Waals surface area (Å²) in [6.45, 7) is 10.4. The van der Waals surface area contributed by atoms with Gasteiger partial charge in [-0.05, 0) is 50.8 Å². The molecule has 1 unspecified atom stereocenters. The zero-order valence-corrected chi connectivity index (χ0v) is 24.3. The maximum absolute atomic E-state index is 13.6. The number of nitrogens with one attached hydrogen (secondary N) is 2. The molecule has 0 bridgehead atoms. The van der Waals surface area contributed by atoms with Crippen LogP contribution in [0.3, 0.4) is 0 Å². The van der Waals surface area contributed by atoms with Gasteiger partial charge in [0.05, 0.1) is 5.92 Å². The third-order valence-electron chi connectivity index (χ3n) is 5.78. The van der Waals surface area contributed by atoms with E-state index < -0.39 is 17.6 Å². The second kappa shape index (κ2) is 15.4. The van der Waals surface area contributed by atoms with Gasteiger partial charge in [-0.25, -0.2) is 4.79 Å². The van der Waals surface area contributed by atoms with E-state index in [2.05, 4.69) is 24.5 Å². The van der Waals surface area contributed by atoms with Crippen molar-refractivity contribution in [3.63, 3.8) is 0 Å². The van der Waals surface area contributed by atoms with Gasteiger partial charge in [0.1, 0.15) is 11.6 Å². The van der Waals surface area contributed by atoms with Gasteiger partial charge in [-0.3, -0.25) is 9.59 Å². The minimum Gasteiger partial charge on any atom is -0.460 e. The molecule has 0 saturated heterocycles. The van der Waals surface area contributed by atoms with Gasteiger partial charge in [-0.15, -0.1) is 11.8 Å². The maximum atomic E-state index is 13.6. The van der Waals surface area contributed by atoms with E-state index in [0.29, 0.717) is 24.6 Å². The quantitative estimate of drug-likeness (QED) is 0.270. The summed E-state index contributed by atoms with van der Waals surface area (Å²) < 4.78 is 5.74. The lowest BCUT2D eigenvalue weighted by Crippen LogP contribution is -2.53. The Kier molecular flexibility index (Phi) is 12.7. The summed E-state index contributed by atoms with van der Waals surface area (Å²) in [6.07, 6.45) is 1.13. The first-order valence-electron chi connectivity index (χ1n) is 13.2. The van der Waals surface area contributed by atoms with E-state index in [-0.39, 0.29) is 24.5 Å². The molecular weight excluding hydrogens is 498 g/mol. The number of ether oxygens (including phenoxy) is 1. The number of amides is 3. The highest BCUT2D eigenvalue weighted by Gasteiger charge is 2.30. The monoisotopic (exact) mass is 541 g/mol. The Labute approximate surface area is 232 Å². The number of thioether (sulfide) groups is 1. The van der Waals surface area contributed by atoms with Gasteiger partial charge in [0.25, 0.3) is 0 Å². The van der Waals surface area contributed by atoms with Gasteiger partial charge in [0.2, 0.25) is 5.91 Å². The average Bonchev–Trinajstić information content (AvgIpc) is 2.87. The van der Waals surface area contributed by atoms with Crippen LogP contribution in [0.25, 0.3) is 0 Å². The van der Waals surface area contributed by atoms with Crippen molar-refractivity contribution in [2.24, 2.45) is 11.8 Å². The lowest BCUT2D eigenvalue weighted by atomic mass is 10.1. The average molecular weight is 542 g/mol. The summed E-state index contributed by atoms with van der Waals surface area (Å²) in [4.78, 5) is 42.2. The molecule has 0 radical (unpaired) electrons. The summed E-state index contributed by atoms with van der Waals surface area (Å²) in [5.41, 5.74) is 0.304. The largest absolute Gasteiger partial charge is 0.460 e. The molecular formula is C30H43N3O4S. The van der Waals surface area contributed by atoms with Crippen LogP contribution in [0.5, 0.6) is 0 Å². The molecule has 0 aliphatic carbocycles. The zero-order chi connectivity index (χ0) is 28.1. The van der Waals surface area contributed by atoms with Gasteiger partial charge in [0, 0.05) is 37.2 Å². The standard InChI is InChI=1S/C30H43N3O4S/c1-22(2)17-18-33(29(36)32-26(27(34)31-6)19-23-13-9-7-10-14-23)20-24(28(35)37-30(3,4)5)21-38-25-15-11-8-12-16-25/h7-16,22,24,26H,17-21H2,1-6H3,(H,31,34)(H,32,36)/t24?,26-/m0/s1. The van der Waals surface area contributed by atoms with E-state index in [1.807, 2.05) is 81.4 Å². The van der Waals surface area contributed by atoms with Crippen LogP contribution in [-0.4, -0.2) is 60.3 Å². The molecule has 2 rings (SSSR count). The Morgan fingerprint density at radius 3 is 2.13 bits per heavy atom. The SMILES string of the molecule is CNC(=O)[C@H](Cc1ccccc1)NC(=O)N(CCC(C)C)CC(CSc1ccccc1)C(=O)OC(C)(C)C. The minimum atomic E-state index is -0.741. The zero-order valence-electron chi connectivity index (χ0n) is 23.5. The number of carbonyl (C=O) groups is 3. The maximum Gasteiger partial charge on any atom is 0.318 e. The molecule has 0 fully saturated rings. The van der Waals surface area contributed by atoms with Crippen LogP contribution in [0, 0.1) is 11.8 Å². The molecule has 2 aromatic carbocycles. The molecule has 2 N–H and O–H groups in total. The van der Waals surface area contributed by atoms with Crippen LogP contribution >= 0.6 is 11.8 Å². The van der Waals surface area contributed by atoms with E-state index in [4.69, 9.17) is 4.74 Å². The van der Waals surface area contributed by atoms with Crippen molar-refractivity contribution in [1.82, 2.24) is 15.5 Å². The van der Waals surface area contributed by atoms with E-state index in [9.17, 15) is 14.4 Å². The van der Waals surface area contributed by atoms with Gasteiger partial charge in [0.15, 0.2) is 0 Å². The van der Waals surface area contributed by atoms with Crippen molar-refractivity contribution in [1.29, 1.82) is 0 Å². The molecule has 3 amide bonds. The summed E-state index contributed by atoms with van der Waals surface area (Å²) in [7, 11) is 1.56. The molecule has 2 aromatic rings. The van der Waals surface area contributed by atoms with E-state index in [1.54, 1.807) is 23.7 Å². The number of urea groups is 1. The van der Waals surface area contributed by atoms with Crippen molar-refractivity contribution in [2.75, 3.05) is 25.9 Å². The first-order valence-corrected chi connectivity index (χ1v) is 14.2. The number of benzene rings is 2. The van der Waals surface area contributed by atoms with Crippen molar-refractivity contribution < 1.29 is 19.1 Å². The van der Waals surface area contributed by atoms with Crippen LogP contribution in [0.1, 0.15) is 46.6 Å². The molecule has 7 nitrogen and oxygen atoms in total. The van der Waals surface area contributed by atoms with Crippen LogP contribution in [-0.2, 0) is 20.7 Å². The highest BCUT2D eigenvalue weighted by molar-refractivity contribution is 7.99. The third kappa shape index (κ3) is 11.6. The van der Waals surface area contributed by atoms with Gasteiger partial charge >= 0.3 is 12.0 Å². The Bertz CT molecular complexity index is 1010. The van der Waals surface area contributed by atoms with Crippen molar-refractivity contribution in [2.45, 2.75) is 64.0 Å². The number of rotatable bonds is 13. The molecule has 8 heteroatoms. The fourth-order valence-corrected chi connectivity index (χ4v) is 4.71. The molecule has 0 heterocycles. The first kappa shape index (κ1) is 31.2. The summed E-state index contributed by atoms with van der Waals surface area (Å²) >= 11 is 1.56. The molecule has 2 atom stereocenters.